The number of rotatable bonds is 5. The van der Waals surface area contributed by atoms with Crippen molar-refractivity contribution in [3.05, 3.63) is 83.3 Å². The summed E-state index contributed by atoms with van der Waals surface area (Å²) < 4.78 is 0. The largest absolute Gasteiger partial charge is 0.347 e. The Hall–Kier alpha value is -3.21. The van der Waals surface area contributed by atoms with E-state index in [9.17, 15) is 4.79 Å². The third kappa shape index (κ3) is 4.25. The highest BCUT2D eigenvalue weighted by Crippen LogP contribution is 2.21. The molecule has 0 unspecified atom stereocenters. The van der Waals surface area contributed by atoms with Crippen LogP contribution in [-0.2, 0) is 6.54 Å². The number of carbonyl (C=O) groups excluding carboxylic acids is 1. The van der Waals surface area contributed by atoms with Crippen LogP contribution >= 0.6 is 0 Å². The summed E-state index contributed by atoms with van der Waals surface area (Å²) in [6.45, 7) is 4.29. The van der Waals surface area contributed by atoms with E-state index in [2.05, 4.69) is 15.3 Å². The number of benzene rings is 2. The van der Waals surface area contributed by atoms with Crippen molar-refractivity contribution in [2.45, 2.75) is 20.4 Å². The Morgan fingerprint density at radius 2 is 1.69 bits per heavy atom. The molecule has 1 aromatic heterocycles. The first-order valence-corrected chi connectivity index (χ1v) is 8.51. The summed E-state index contributed by atoms with van der Waals surface area (Å²) in [5, 5.41) is 2.92. The summed E-state index contributed by atoms with van der Waals surface area (Å²) in [6.07, 6.45) is 0. The standard InChI is InChI=1S/C21H22N4O/c1-15-9-11-17(12-10-15)14-22-21(26)19-13-20(24-16(2)23-19)25(3)18-7-5-4-6-8-18/h4-13H,14H2,1-3H3,(H,22,26). The highest BCUT2D eigenvalue weighted by atomic mass is 16.1. The fraction of sp³-hybridized carbons (Fsp3) is 0.190. The van der Waals surface area contributed by atoms with Gasteiger partial charge in [-0.2, -0.15) is 0 Å². The molecule has 26 heavy (non-hydrogen) atoms. The van der Waals surface area contributed by atoms with Crippen molar-refractivity contribution in [2.24, 2.45) is 0 Å². The second-order valence-corrected chi connectivity index (χ2v) is 6.22. The first-order chi connectivity index (χ1) is 12.5. The van der Waals surface area contributed by atoms with Crippen LogP contribution in [0.25, 0.3) is 0 Å². The number of aryl methyl sites for hydroxylation is 2. The normalized spacial score (nSPS) is 10.4. The second-order valence-electron chi connectivity index (χ2n) is 6.22. The molecular weight excluding hydrogens is 324 g/mol. The summed E-state index contributed by atoms with van der Waals surface area (Å²) in [6, 6.07) is 19.7. The van der Waals surface area contributed by atoms with Crippen molar-refractivity contribution in [3.8, 4) is 0 Å². The van der Waals surface area contributed by atoms with E-state index in [-0.39, 0.29) is 5.91 Å². The molecule has 0 saturated heterocycles. The fourth-order valence-corrected chi connectivity index (χ4v) is 2.60. The van der Waals surface area contributed by atoms with Gasteiger partial charge in [0.2, 0.25) is 0 Å². The maximum absolute atomic E-state index is 12.5. The first kappa shape index (κ1) is 17.6. The summed E-state index contributed by atoms with van der Waals surface area (Å²) in [5.41, 5.74) is 3.61. The molecule has 3 aromatic rings. The van der Waals surface area contributed by atoms with Gasteiger partial charge < -0.3 is 10.2 Å². The van der Waals surface area contributed by atoms with E-state index in [0.717, 1.165) is 11.3 Å². The molecule has 1 N–H and O–H groups in total. The lowest BCUT2D eigenvalue weighted by molar-refractivity contribution is 0.0945. The predicted molar refractivity (Wildman–Crippen MR) is 104 cm³/mol. The summed E-state index contributed by atoms with van der Waals surface area (Å²) >= 11 is 0. The van der Waals surface area contributed by atoms with Crippen molar-refractivity contribution >= 4 is 17.4 Å². The summed E-state index contributed by atoms with van der Waals surface area (Å²) in [5.74, 6) is 1.04. The van der Waals surface area contributed by atoms with Crippen LogP contribution in [-0.4, -0.2) is 22.9 Å². The molecule has 1 heterocycles. The molecule has 0 aliphatic rings. The van der Waals surface area contributed by atoms with Crippen molar-refractivity contribution < 1.29 is 4.79 Å². The van der Waals surface area contributed by atoms with Crippen LogP contribution in [0.4, 0.5) is 11.5 Å². The Kier molecular flexibility index (Phi) is 5.27. The lowest BCUT2D eigenvalue weighted by atomic mass is 10.1. The monoisotopic (exact) mass is 346 g/mol. The predicted octanol–water partition coefficient (Wildman–Crippen LogP) is 3.79. The van der Waals surface area contributed by atoms with Crippen molar-refractivity contribution in [1.29, 1.82) is 0 Å². The third-order valence-corrected chi connectivity index (χ3v) is 4.12. The van der Waals surface area contributed by atoms with Crippen LogP contribution in [0.15, 0.2) is 60.7 Å². The topological polar surface area (TPSA) is 58.1 Å². The van der Waals surface area contributed by atoms with Gasteiger partial charge in [-0.3, -0.25) is 4.79 Å². The Bertz CT molecular complexity index is 892. The van der Waals surface area contributed by atoms with Crippen molar-refractivity contribution in [2.75, 3.05) is 11.9 Å². The number of aromatic nitrogens is 2. The Morgan fingerprint density at radius 1 is 1.00 bits per heavy atom. The minimum absolute atomic E-state index is 0.209. The summed E-state index contributed by atoms with van der Waals surface area (Å²) in [7, 11) is 1.92. The van der Waals surface area contributed by atoms with Gasteiger partial charge in [0, 0.05) is 25.3 Å². The van der Waals surface area contributed by atoms with Gasteiger partial charge in [-0.15, -0.1) is 0 Å². The summed E-state index contributed by atoms with van der Waals surface area (Å²) in [4.78, 5) is 23.2. The quantitative estimate of drug-likeness (QED) is 0.763. The molecule has 0 aliphatic heterocycles. The minimum Gasteiger partial charge on any atom is -0.347 e. The van der Waals surface area contributed by atoms with E-state index in [4.69, 9.17) is 0 Å². The number of hydrogen-bond donors (Lipinski definition) is 1. The van der Waals surface area contributed by atoms with Crippen LogP contribution in [0.2, 0.25) is 0 Å². The van der Waals surface area contributed by atoms with Crippen molar-refractivity contribution in [3.63, 3.8) is 0 Å². The zero-order chi connectivity index (χ0) is 18.5. The Labute approximate surface area is 153 Å². The van der Waals surface area contributed by atoms with Gasteiger partial charge in [-0.25, -0.2) is 9.97 Å². The number of anilines is 2. The number of amides is 1. The molecule has 0 bridgehead atoms. The highest BCUT2D eigenvalue weighted by Gasteiger charge is 2.13. The molecule has 0 saturated carbocycles. The van der Waals surface area contributed by atoms with E-state index in [1.54, 1.807) is 13.0 Å². The van der Waals surface area contributed by atoms with Gasteiger partial charge in [-0.1, -0.05) is 48.0 Å². The molecule has 0 atom stereocenters. The van der Waals surface area contributed by atoms with E-state index < -0.39 is 0 Å². The molecule has 1 amide bonds. The maximum Gasteiger partial charge on any atom is 0.270 e. The van der Waals surface area contributed by atoms with Crippen LogP contribution in [0.5, 0.6) is 0 Å². The molecule has 5 heteroatoms. The molecule has 0 spiro atoms. The van der Waals surface area contributed by atoms with E-state index in [1.807, 2.05) is 73.5 Å². The number of nitrogens with one attached hydrogen (secondary N) is 1. The Balaban J connectivity index is 1.76. The zero-order valence-corrected chi connectivity index (χ0v) is 15.2. The van der Waals surface area contributed by atoms with Gasteiger partial charge in [-0.05, 0) is 31.5 Å². The SMILES string of the molecule is Cc1ccc(CNC(=O)c2cc(N(C)c3ccccc3)nc(C)n2)cc1. The maximum atomic E-state index is 12.5. The number of carbonyl (C=O) groups is 1. The highest BCUT2D eigenvalue weighted by molar-refractivity contribution is 5.93. The van der Waals surface area contributed by atoms with Crippen LogP contribution < -0.4 is 10.2 Å². The van der Waals surface area contributed by atoms with Crippen molar-refractivity contribution in [1.82, 2.24) is 15.3 Å². The van der Waals surface area contributed by atoms with E-state index in [0.29, 0.717) is 23.9 Å². The lowest BCUT2D eigenvalue weighted by Crippen LogP contribution is -2.25. The zero-order valence-electron chi connectivity index (χ0n) is 15.2. The number of para-hydroxylation sites is 1. The van der Waals surface area contributed by atoms with E-state index in [1.165, 1.54) is 5.56 Å². The molecule has 0 fully saturated rings. The van der Waals surface area contributed by atoms with Gasteiger partial charge in [0.05, 0.1) is 0 Å². The molecule has 5 nitrogen and oxygen atoms in total. The minimum atomic E-state index is -0.209. The number of hydrogen-bond acceptors (Lipinski definition) is 4. The second kappa shape index (κ2) is 7.78. The smallest absolute Gasteiger partial charge is 0.270 e. The van der Waals surface area contributed by atoms with Crippen LogP contribution in [0.3, 0.4) is 0 Å². The molecule has 132 valence electrons. The fourth-order valence-electron chi connectivity index (χ4n) is 2.60. The molecule has 2 aromatic carbocycles. The van der Waals surface area contributed by atoms with Gasteiger partial charge in [0.25, 0.3) is 5.91 Å². The Morgan fingerprint density at radius 3 is 2.38 bits per heavy atom. The van der Waals surface area contributed by atoms with Crippen LogP contribution in [0.1, 0.15) is 27.4 Å². The molecular formula is C21H22N4O. The van der Waals surface area contributed by atoms with Gasteiger partial charge in [0.15, 0.2) is 0 Å². The van der Waals surface area contributed by atoms with Gasteiger partial charge in [0.1, 0.15) is 17.3 Å². The van der Waals surface area contributed by atoms with Gasteiger partial charge >= 0.3 is 0 Å². The number of nitrogens with zero attached hydrogens (tertiary/aromatic N) is 3. The molecule has 3 rings (SSSR count). The average molecular weight is 346 g/mol. The molecule has 0 aliphatic carbocycles. The molecule has 0 radical (unpaired) electrons. The van der Waals surface area contributed by atoms with E-state index >= 15 is 0 Å². The lowest BCUT2D eigenvalue weighted by Gasteiger charge is -2.19. The first-order valence-electron chi connectivity index (χ1n) is 8.51. The van der Waals surface area contributed by atoms with Crippen LogP contribution in [0, 0.1) is 13.8 Å². The average Bonchev–Trinajstić information content (AvgIpc) is 2.67. The third-order valence-electron chi connectivity index (χ3n) is 4.12.